The minimum Gasteiger partial charge on any atom is -0.379 e. The zero-order chi connectivity index (χ0) is 16.1. The average Bonchev–Trinajstić information content (AvgIpc) is 3.22. The maximum Gasteiger partial charge on any atom is 0.223 e. The molecule has 2 aliphatic rings. The normalized spacial score (nSPS) is 26.1. The van der Waals surface area contributed by atoms with Crippen molar-refractivity contribution in [3.05, 3.63) is 35.9 Å². The van der Waals surface area contributed by atoms with Crippen LogP contribution < -0.4 is 5.73 Å². The number of nitrogens with zero attached hydrogens (tertiary/aromatic N) is 1. The van der Waals surface area contributed by atoms with Crippen molar-refractivity contribution in [1.29, 1.82) is 0 Å². The van der Waals surface area contributed by atoms with Crippen molar-refractivity contribution in [1.82, 2.24) is 4.90 Å². The zero-order valence-corrected chi connectivity index (χ0v) is 15.0. The molecule has 0 bridgehead atoms. The van der Waals surface area contributed by atoms with Crippen molar-refractivity contribution in [3.63, 3.8) is 0 Å². The fourth-order valence-electron chi connectivity index (χ4n) is 3.83. The van der Waals surface area contributed by atoms with Crippen LogP contribution >= 0.6 is 12.4 Å². The van der Waals surface area contributed by atoms with Crippen molar-refractivity contribution in [3.8, 4) is 0 Å². The molecule has 24 heavy (non-hydrogen) atoms. The minimum absolute atomic E-state index is 0. The lowest BCUT2D eigenvalue weighted by Crippen LogP contribution is -2.43. The minimum atomic E-state index is 0. The van der Waals surface area contributed by atoms with Crippen molar-refractivity contribution < 1.29 is 9.53 Å². The molecule has 1 amide bonds. The largest absolute Gasteiger partial charge is 0.379 e. The third-order valence-corrected chi connectivity index (χ3v) is 5.31. The molecule has 3 rings (SSSR count). The molecule has 1 saturated heterocycles. The molecule has 1 heterocycles. The smallest absolute Gasteiger partial charge is 0.223 e. The Kier molecular flexibility index (Phi) is 7.53. The third kappa shape index (κ3) is 4.95. The fourth-order valence-corrected chi connectivity index (χ4v) is 3.83. The van der Waals surface area contributed by atoms with Crippen LogP contribution in [0.1, 0.15) is 37.7 Å². The molecule has 1 unspecified atom stereocenters. The van der Waals surface area contributed by atoms with E-state index in [1.54, 1.807) is 0 Å². The highest BCUT2D eigenvalue weighted by Gasteiger charge is 2.31. The monoisotopic (exact) mass is 352 g/mol. The summed E-state index contributed by atoms with van der Waals surface area (Å²) >= 11 is 0. The maximum atomic E-state index is 12.9. The summed E-state index contributed by atoms with van der Waals surface area (Å²) in [4.78, 5) is 14.9. The summed E-state index contributed by atoms with van der Waals surface area (Å²) in [6.45, 7) is 2.22. The van der Waals surface area contributed by atoms with Crippen molar-refractivity contribution in [2.45, 2.75) is 50.6 Å². The van der Waals surface area contributed by atoms with Gasteiger partial charge < -0.3 is 15.4 Å². The first kappa shape index (κ1) is 19.2. The van der Waals surface area contributed by atoms with Crippen molar-refractivity contribution in [2.24, 2.45) is 11.7 Å². The van der Waals surface area contributed by atoms with Crippen LogP contribution in [0.4, 0.5) is 0 Å². The topological polar surface area (TPSA) is 55.6 Å². The first-order chi connectivity index (χ1) is 11.2. The molecule has 0 aromatic heterocycles. The Morgan fingerprint density at radius 1 is 1.21 bits per heavy atom. The molecule has 0 radical (unpaired) electrons. The zero-order valence-electron chi connectivity index (χ0n) is 14.2. The van der Waals surface area contributed by atoms with Crippen LogP contribution in [0.3, 0.4) is 0 Å². The number of benzene rings is 1. The molecule has 4 nitrogen and oxygen atoms in total. The first-order valence-corrected chi connectivity index (χ1v) is 8.91. The van der Waals surface area contributed by atoms with Gasteiger partial charge in [-0.2, -0.15) is 0 Å². The molecule has 134 valence electrons. The Hall–Kier alpha value is -1.10. The second-order valence-electron chi connectivity index (χ2n) is 6.90. The van der Waals surface area contributed by atoms with Crippen LogP contribution in [-0.2, 0) is 16.0 Å². The molecule has 5 heteroatoms. The van der Waals surface area contributed by atoms with Gasteiger partial charge in [0, 0.05) is 25.6 Å². The number of ether oxygens (including phenoxy) is 1. The lowest BCUT2D eigenvalue weighted by Gasteiger charge is -2.30. The average molecular weight is 353 g/mol. The molecular weight excluding hydrogens is 324 g/mol. The number of carbonyl (C=O) groups excluding carboxylic acids is 1. The second-order valence-corrected chi connectivity index (χ2v) is 6.90. The Balaban J connectivity index is 0.00000208. The number of amides is 1. The van der Waals surface area contributed by atoms with E-state index in [2.05, 4.69) is 29.2 Å². The van der Waals surface area contributed by atoms with Crippen LogP contribution in [0, 0.1) is 5.92 Å². The van der Waals surface area contributed by atoms with Crippen molar-refractivity contribution in [2.75, 3.05) is 19.8 Å². The Morgan fingerprint density at radius 2 is 2.00 bits per heavy atom. The Morgan fingerprint density at radius 3 is 2.62 bits per heavy atom. The van der Waals surface area contributed by atoms with E-state index in [0.717, 1.165) is 45.3 Å². The summed E-state index contributed by atoms with van der Waals surface area (Å²) in [5.41, 5.74) is 7.43. The van der Waals surface area contributed by atoms with Gasteiger partial charge in [0.05, 0.1) is 12.6 Å². The van der Waals surface area contributed by atoms with Gasteiger partial charge in [0.25, 0.3) is 0 Å². The number of halogens is 1. The number of hydrogen-bond donors (Lipinski definition) is 1. The molecular formula is C19H29ClN2O2. The van der Waals surface area contributed by atoms with Gasteiger partial charge in [-0.15, -0.1) is 12.4 Å². The van der Waals surface area contributed by atoms with Gasteiger partial charge in [-0.05, 0) is 37.2 Å². The van der Waals surface area contributed by atoms with Crippen LogP contribution in [0.15, 0.2) is 30.3 Å². The van der Waals surface area contributed by atoms with E-state index in [4.69, 9.17) is 10.5 Å². The predicted molar refractivity (Wildman–Crippen MR) is 98.3 cm³/mol. The summed E-state index contributed by atoms with van der Waals surface area (Å²) in [5.74, 6) is 0.628. The van der Waals surface area contributed by atoms with Crippen LogP contribution in [0.5, 0.6) is 0 Å². The van der Waals surface area contributed by atoms with E-state index < -0.39 is 0 Å². The van der Waals surface area contributed by atoms with Gasteiger partial charge in [-0.3, -0.25) is 4.79 Å². The van der Waals surface area contributed by atoms with Gasteiger partial charge in [0.2, 0.25) is 5.91 Å². The van der Waals surface area contributed by atoms with Gasteiger partial charge in [0.1, 0.15) is 0 Å². The summed E-state index contributed by atoms with van der Waals surface area (Å²) in [6.07, 6.45) is 5.79. The molecule has 3 atom stereocenters. The predicted octanol–water partition coefficient (Wildman–Crippen LogP) is 2.79. The highest BCUT2D eigenvalue weighted by molar-refractivity contribution is 5.85. The number of nitrogens with two attached hydrogens (primary N) is 1. The third-order valence-electron chi connectivity index (χ3n) is 5.31. The van der Waals surface area contributed by atoms with E-state index in [1.165, 1.54) is 5.56 Å². The quantitative estimate of drug-likeness (QED) is 0.856. The molecule has 1 aromatic rings. The van der Waals surface area contributed by atoms with Gasteiger partial charge >= 0.3 is 0 Å². The highest BCUT2D eigenvalue weighted by atomic mass is 35.5. The number of rotatable bonds is 6. The van der Waals surface area contributed by atoms with E-state index in [-0.39, 0.29) is 30.4 Å². The molecule has 2 N–H and O–H groups in total. The molecule has 1 saturated carbocycles. The van der Waals surface area contributed by atoms with Crippen LogP contribution in [0.25, 0.3) is 0 Å². The van der Waals surface area contributed by atoms with E-state index in [0.29, 0.717) is 18.9 Å². The summed E-state index contributed by atoms with van der Waals surface area (Å²) in [6, 6.07) is 10.8. The first-order valence-electron chi connectivity index (χ1n) is 8.91. The Bertz CT molecular complexity index is 505. The van der Waals surface area contributed by atoms with Crippen LogP contribution in [-0.4, -0.2) is 42.6 Å². The van der Waals surface area contributed by atoms with E-state index >= 15 is 0 Å². The standard InChI is InChI=1S/C19H28N2O2.ClH/c20-18-8-4-7-16(18)13-19(22)21(17-10-12-23-14-17)11-9-15-5-2-1-3-6-15;/h1-3,5-6,16-18H,4,7-14,20H2;1H/t16-,17?,18+;/m0./s1. The van der Waals surface area contributed by atoms with Crippen molar-refractivity contribution >= 4 is 18.3 Å². The molecule has 1 aromatic carbocycles. The summed E-state index contributed by atoms with van der Waals surface area (Å²) in [5, 5.41) is 0. The molecule has 2 fully saturated rings. The van der Waals surface area contributed by atoms with Gasteiger partial charge in [0.15, 0.2) is 0 Å². The second kappa shape index (κ2) is 9.40. The molecule has 0 spiro atoms. The lowest BCUT2D eigenvalue weighted by atomic mass is 9.98. The Labute approximate surface area is 151 Å². The number of hydrogen-bond acceptors (Lipinski definition) is 3. The molecule has 1 aliphatic heterocycles. The summed E-state index contributed by atoms with van der Waals surface area (Å²) < 4.78 is 5.51. The van der Waals surface area contributed by atoms with Gasteiger partial charge in [-0.1, -0.05) is 36.8 Å². The van der Waals surface area contributed by atoms with Crippen LogP contribution in [0.2, 0.25) is 0 Å². The maximum absolute atomic E-state index is 12.9. The van der Waals surface area contributed by atoms with E-state index in [9.17, 15) is 4.79 Å². The summed E-state index contributed by atoms with van der Waals surface area (Å²) in [7, 11) is 0. The number of carbonyl (C=O) groups is 1. The fraction of sp³-hybridized carbons (Fsp3) is 0.632. The lowest BCUT2D eigenvalue weighted by molar-refractivity contribution is -0.134. The van der Waals surface area contributed by atoms with E-state index in [1.807, 2.05) is 6.07 Å². The highest BCUT2D eigenvalue weighted by Crippen LogP contribution is 2.28. The SMILES string of the molecule is Cl.N[C@@H]1CCC[C@H]1CC(=O)N(CCc1ccccc1)C1CCOC1. The molecule has 1 aliphatic carbocycles. The van der Waals surface area contributed by atoms with Gasteiger partial charge in [-0.25, -0.2) is 0 Å².